The van der Waals surface area contributed by atoms with Gasteiger partial charge in [0.15, 0.2) is 48.9 Å². The summed E-state index contributed by atoms with van der Waals surface area (Å²) in [6.07, 6.45) is -7.64. The van der Waals surface area contributed by atoms with Gasteiger partial charge < -0.3 is 66.3 Å². The Kier molecular flexibility index (Phi) is 15.4. The molecule has 5 heterocycles. The molecule has 74 heavy (non-hydrogen) atoms. The van der Waals surface area contributed by atoms with Crippen LogP contribution in [0.1, 0.15) is 134 Å². The summed E-state index contributed by atoms with van der Waals surface area (Å²) in [7, 11) is 0. The molecule has 0 N–H and O–H groups in total. The highest BCUT2D eigenvalue weighted by Crippen LogP contribution is 2.76. The summed E-state index contributed by atoms with van der Waals surface area (Å²) in [4.78, 5) is 88.4. The Hall–Kier alpha value is -3.99. The maximum atomic E-state index is 13.1. The lowest BCUT2D eigenvalue weighted by molar-refractivity contribution is -0.365. The van der Waals surface area contributed by atoms with E-state index in [-0.39, 0.29) is 23.0 Å². The van der Waals surface area contributed by atoms with Crippen molar-refractivity contribution in [3.63, 3.8) is 0 Å². The third kappa shape index (κ3) is 10.1. The molecule has 0 unspecified atom stereocenters. The van der Waals surface area contributed by atoms with Crippen LogP contribution in [0.2, 0.25) is 0 Å². The van der Waals surface area contributed by atoms with Gasteiger partial charge in [-0.2, -0.15) is 0 Å². The monoisotopic (exact) mass is 1050 g/mol. The largest absolute Gasteiger partial charge is 0.463 e. The van der Waals surface area contributed by atoms with Gasteiger partial charge >= 0.3 is 41.8 Å². The van der Waals surface area contributed by atoms with Gasteiger partial charge in [-0.15, -0.1) is 0 Å². The van der Waals surface area contributed by atoms with E-state index in [1.165, 1.54) is 6.92 Å². The predicted molar refractivity (Wildman–Crippen MR) is 249 cm³/mol. The fraction of sp³-hybridized carbons (Fsp3) is 0.868. The Balaban J connectivity index is 0.966. The highest BCUT2D eigenvalue weighted by Gasteiger charge is 2.78. The highest BCUT2D eigenvalue weighted by molar-refractivity contribution is 5.69. The predicted octanol–water partition coefficient (Wildman–Crippen LogP) is 4.57. The number of hydrogen-bond donors (Lipinski definition) is 0. The van der Waals surface area contributed by atoms with Crippen LogP contribution < -0.4 is 0 Å². The van der Waals surface area contributed by atoms with Gasteiger partial charge in [-0.3, -0.25) is 33.6 Å². The number of hydrogen-bond acceptors (Lipinski definition) is 21. The summed E-state index contributed by atoms with van der Waals surface area (Å²) in [6, 6.07) is 0. The summed E-state index contributed by atoms with van der Waals surface area (Å²) in [5.41, 5.74) is -0.496. The lowest BCUT2D eigenvalue weighted by atomic mass is 9.44. The van der Waals surface area contributed by atoms with E-state index >= 15 is 0 Å². The van der Waals surface area contributed by atoms with Crippen molar-refractivity contribution >= 4 is 41.8 Å². The van der Waals surface area contributed by atoms with Crippen LogP contribution >= 0.6 is 0 Å². The molecule has 0 aromatic rings. The molecule has 0 bridgehead atoms. The fourth-order valence-electron chi connectivity index (χ4n) is 15.5. The number of esters is 7. The first-order chi connectivity index (χ1) is 34.9. The van der Waals surface area contributed by atoms with E-state index in [2.05, 4.69) is 27.7 Å². The Labute approximate surface area is 431 Å². The topological polar surface area (TPSA) is 252 Å². The van der Waals surface area contributed by atoms with E-state index in [1.807, 2.05) is 0 Å². The van der Waals surface area contributed by atoms with Crippen molar-refractivity contribution in [3.05, 3.63) is 0 Å². The zero-order valence-electron chi connectivity index (χ0n) is 44.5. The van der Waals surface area contributed by atoms with Crippen LogP contribution in [0.5, 0.6) is 0 Å². The van der Waals surface area contributed by atoms with Crippen molar-refractivity contribution in [2.45, 2.75) is 225 Å². The molecule has 9 rings (SSSR count). The van der Waals surface area contributed by atoms with Crippen molar-refractivity contribution in [2.75, 3.05) is 19.8 Å². The minimum atomic E-state index is -1.80. The second-order valence-corrected chi connectivity index (χ2v) is 23.2. The molecule has 9 fully saturated rings. The molecule has 0 aromatic carbocycles. The van der Waals surface area contributed by atoms with Crippen LogP contribution in [-0.2, 0) is 99.9 Å². The van der Waals surface area contributed by atoms with E-state index in [9.17, 15) is 33.6 Å². The Bertz CT molecular complexity index is 2180. The average molecular weight is 1050 g/mol. The summed E-state index contributed by atoms with van der Waals surface area (Å²) in [6.45, 7) is 17.0. The molecule has 23 atom stereocenters. The van der Waals surface area contributed by atoms with Gasteiger partial charge in [-0.25, -0.2) is 0 Å². The van der Waals surface area contributed by atoms with Crippen molar-refractivity contribution in [2.24, 2.45) is 46.3 Å². The van der Waals surface area contributed by atoms with Gasteiger partial charge in [0.05, 0.1) is 24.9 Å². The number of fused-ring (bicyclic) bond motifs is 6. The van der Waals surface area contributed by atoms with E-state index in [1.54, 1.807) is 0 Å². The standard InChI is InChI=1S/C53H76O21/c1-24-12-17-53(63-21-24)25(2)41-37(73-53)19-36-34-18-40-52(74-40)20-33(13-16-51(52,11)35(34)14-15-50(36,41)10)69-48-46(67-31(8)59)45(66-30(7)58)43(39(70-48)23-62-27(4)55)72-49-47(68-32(9)60)44(65-29(6)57)42(64-28(5)56)38(71-49)22-61-26(3)54/h24-25,33-49H,12-23H2,1-11H3/t24-,25+,33+,34-,35+,36+,37+,38-,39-,40+,41+,42-,43+,44+,45+,46-,47-,48-,49+,50+,51-,52+,53-/m1/s1. The number of rotatable bonds is 13. The minimum absolute atomic E-state index is 0.0113. The summed E-state index contributed by atoms with van der Waals surface area (Å²) >= 11 is 0. The normalized spacial score (nSPS) is 46.7. The van der Waals surface area contributed by atoms with Crippen molar-refractivity contribution in [1.29, 1.82) is 0 Å². The molecule has 9 aliphatic rings. The zero-order valence-corrected chi connectivity index (χ0v) is 44.5. The Morgan fingerprint density at radius 2 is 1.09 bits per heavy atom. The van der Waals surface area contributed by atoms with Gasteiger partial charge in [-0.05, 0) is 80.0 Å². The first-order valence-corrected chi connectivity index (χ1v) is 26.6. The van der Waals surface area contributed by atoms with E-state index < -0.39 is 134 Å². The van der Waals surface area contributed by atoms with Crippen LogP contribution in [0.4, 0.5) is 0 Å². The van der Waals surface area contributed by atoms with Gasteiger partial charge in [0.25, 0.3) is 0 Å². The lowest BCUT2D eigenvalue weighted by Gasteiger charge is -2.60. The maximum Gasteiger partial charge on any atom is 0.303 e. The molecule has 21 heteroatoms. The van der Waals surface area contributed by atoms with Crippen LogP contribution in [0.25, 0.3) is 0 Å². The molecule has 5 saturated heterocycles. The quantitative estimate of drug-likeness (QED) is 0.106. The van der Waals surface area contributed by atoms with Gasteiger partial charge in [0.2, 0.25) is 0 Å². The molecule has 5 aliphatic heterocycles. The van der Waals surface area contributed by atoms with Crippen LogP contribution in [0, 0.1) is 46.3 Å². The number of ether oxygens (including phenoxy) is 14. The smallest absolute Gasteiger partial charge is 0.303 e. The van der Waals surface area contributed by atoms with Crippen LogP contribution in [0.15, 0.2) is 0 Å². The first-order valence-electron chi connectivity index (χ1n) is 26.6. The minimum Gasteiger partial charge on any atom is -0.463 e. The lowest BCUT2D eigenvalue weighted by Crippen LogP contribution is -2.67. The number of carbonyl (C=O) groups is 7. The van der Waals surface area contributed by atoms with Gasteiger partial charge in [-0.1, -0.05) is 27.7 Å². The fourth-order valence-corrected chi connectivity index (χ4v) is 15.5. The van der Waals surface area contributed by atoms with E-state index in [4.69, 9.17) is 66.3 Å². The third-order valence-corrected chi connectivity index (χ3v) is 18.5. The third-order valence-electron chi connectivity index (χ3n) is 18.5. The zero-order chi connectivity index (χ0) is 53.4. The summed E-state index contributed by atoms with van der Waals surface area (Å²) in [5.74, 6) is -3.48. The maximum absolute atomic E-state index is 13.1. The molecule has 21 nitrogen and oxygen atoms in total. The molecule has 414 valence electrons. The highest BCUT2D eigenvalue weighted by atomic mass is 16.8. The molecule has 0 amide bonds. The summed E-state index contributed by atoms with van der Waals surface area (Å²) in [5, 5.41) is 0. The molecule has 0 aromatic heterocycles. The molecule has 4 saturated carbocycles. The molecular formula is C53H76O21. The number of epoxide rings is 1. The molecule has 0 radical (unpaired) electrons. The SMILES string of the molecule is CC(=O)OC[C@H]1O[C@@H](O[C@H]2CC[C@]3(C)[C@H]4CC[C@]5(C)[C@@H]6[C@H](C[C@H]5[C@@H]4C[C@@H]4O[C@@]43C2)O[C@]2(CC[C@@H](C)CO2)[C@H]6C)[C@H](OC(C)=O)[C@@H](OC(C)=O)[C@H]1O[C@@H]1O[C@H](COC(C)=O)[C@@H](OC(C)=O)[C@H](OC(C)=O)[C@H]1OC(C)=O. The van der Waals surface area contributed by atoms with Gasteiger partial charge in [0.1, 0.15) is 37.1 Å². The molecule has 4 aliphatic carbocycles. The van der Waals surface area contributed by atoms with Crippen LogP contribution in [0.3, 0.4) is 0 Å². The van der Waals surface area contributed by atoms with Crippen molar-refractivity contribution in [3.8, 4) is 0 Å². The Morgan fingerprint density at radius 3 is 1.65 bits per heavy atom. The van der Waals surface area contributed by atoms with Crippen LogP contribution in [-0.4, -0.2) is 153 Å². The van der Waals surface area contributed by atoms with Crippen molar-refractivity contribution in [1.82, 2.24) is 0 Å². The average Bonchev–Trinajstić information content (AvgIpc) is 3.84. The van der Waals surface area contributed by atoms with E-state index in [0.29, 0.717) is 48.3 Å². The number of carbonyl (C=O) groups excluding carboxylic acids is 7. The first kappa shape index (κ1) is 54.8. The second-order valence-electron chi connectivity index (χ2n) is 23.2. The Morgan fingerprint density at radius 1 is 0.554 bits per heavy atom. The molecular weight excluding hydrogens is 973 g/mol. The van der Waals surface area contributed by atoms with Crippen molar-refractivity contribution < 1.29 is 99.9 Å². The molecule has 2 spiro atoms. The van der Waals surface area contributed by atoms with Gasteiger partial charge in [0, 0.05) is 72.6 Å². The summed E-state index contributed by atoms with van der Waals surface area (Å²) < 4.78 is 86.2. The second kappa shape index (κ2) is 20.8. The van der Waals surface area contributed by atoms with E-state index in [0.717, 1.165) is 93.1 Å².